The molecule has 1 aromatic heterocycles. The number of nitrogens with one attached hydrogen (secondary N) is 1. The van der Waals surface area contributed by atoms with Crippen molar-refractivity contribution < 1.29 is 5.11 Å². The first-order chi connectivity index (χ1) is 7.78. The number of rotatable bonds is 3. The molecule has 1 aliphatic heterocycles. The van der Waals surface area contributed by atoms with Gasteiger partial charge in [0.05, 0.1) is 6.10 Å². The zero-order chi connectivity index (χ0) is 11.4. The van der Waals surface area contributed by atoms with Crippen molar-refractivity contribution in [1.82, 2.24) is 9.88 Å². The lowest BCUT2D eigenvalue weighted by molar-refractivity contribution is 0.0668. The number of piperidine rings is 1. The van der Waals surface area contributed by atoms with Crippen LogP contribution in [-0.4, -0.2) is 34.2 Å². The largest absolute Gasteiger partial charge is 0.392 e. The third-order valence-corrected chi connectivity index (χ3v) is 2.86. The van der Waals surface area contributed by atoms with E-state index in [4.69, 9.17) is 5.84 Å². The normalized spacial score (nSPS) is 22.0. The topological polar surface area (TPSA) is 74.4 Å². The summed E-state index contributed by atoms with van der Waals surface area (Å²) >= 11 is 0. The van der Waals surface area contributed by atoms with Crippen molar-refractivity contribution in [2.45, 2.75) is 25.5 Å². The summed E-state index contributed by atoms with van der Waals surface area (Å²) in [5.74, 6) is 5.98. The van der Waals surface area contributed by atoms with Gasteiger partial charge >= 0.3 is 0 Å². The van der Waals surface area contributed by atoms with Gasteiger partial charge in [0.2, 0.25) is 0 Å². The van der Waals surface area contributed by atoms with Crippen molar-refractivity contribution in [3.05, 3.63) is 23.9 Å². The van der Waals surface area contributed by atoms with Crippen LogP contribution in [0.2, 0.25) is 0 Å². The molecule has 16 heavy (non-hydrogen) atoms. The fourth-order valence-corrected chi connectivity index (χ4v) is 2.08. The molecule has 0 aliphatic carbocycles. The maximum atomic E-state index is 9.57. The van der Waals surface area contributed by atoms with Crippen LogP contribution in [0.1, 0.15) is 18.4 Å². The molecule has 0 aromatic carbocycles. The van der Waals surface area contributed by atoms with E-state index >= 15 is 0 Å². The Labute approximate surface area is 95.2 Å². The van der Waals surface area contributed by atoms with Crippen molar-refractivity contribution in [3.8, 4) is 0 Å². The lowest BCUT2D eigenvalue weighted by Crippen LogP contribution is -2.37. The van der Waals surface area contributed by atoms with Crippen LogP contribution in [0.15, 0.2) is 18.3 Å². The minimum atomic E-state index is -0.178. The Morgan fingerprint density at radius 3 is 3.25 bits per heavy atom. The zero-order valence-electron chi connectivity index (χ0n) is 9.26. The van der Waals surface area contributed by atoms with Gasteiger partial charge in [-0.3, -0.25) is 4.90 Å². The van der Waals surface area contributed by atoms with Crippen molar-refractivity contribution in [2.24, 2.45) is 5.84 Å². The van der Waals surface area contributed by atoms with Crippen LogP contribution in [0.4, 0.5) is 5.82 Å². The molecular weight excluding hydrogens is 204 g/mol. The first kappa shape index (κ1) is 11.3. The lowest BCUT2D eigenvalue weighted by Gasteiger charge is -2.29. The second-order valence-electron chi connectivity index (χ2n) is 4.22. The Morgan fingerprint density at radius 1 is 1.62 bits per heavy atom. The molecule has 1 saturated heterocycles. The van der Waals surface area contributed by atoms with Gasteiger partial charge in [-0.05, 0) is 37.1 Å². The number of anilines is 1. The molecule has 4 N–H and O–H groups in total. The van der Waals surface area contributed by atoms with E-state index in [2.05, 4.69) is 15.3 Å². The molecule has 0 radical (unpaired) electrons. The van der Waals surface area contributed by atoms with Gasteiger partial charge in [0.15, 0.2) is 0 Å². The van der Waals surface area contributed by atoms with Gasteiger partial charge in [0.1, 0.15) is 5.82 Å². The number of pyridine rings is 1. The van der Waals surface area contributed by atoms with Crippen LogP contribution in [0, 0.1) is 0 Å². The number of nitrogens with two attached hydrogens (primary N) is 1. The number of nitrogens with zero attached hydrogens (tertiary/aromatic N) is 2. The number of nitrogen functional groups attached to an aromatic ring is 1. The highest BCUT2D eigenvalue weighted by molar-refractivity contribution is 5.35. The van der Waals surface area contributed by atoms with Gasteiger partial charge in [-0.2, -0.15) is 0 Å². The molecule has 5 nitrogen and oxygen atoms in total. The van der Waals surface area contributed by atoms with Crippen molar-refractivity contribution in [2.75, 3.05) is 18.5 Å². The highest BCUT2D eigenvalue weighted by atomic mass is 16.3. The van der Waals surface area contributed by atoms with Crippen molar-refractivity contribution in [1.29, 1.82) is 0 Å². The predicted molar refractivity (Wildman–Crippen MR) is 62.6 cm³/mol. The fourth-order valence-electron chi connectivity index (χ4n) is 2.08. The zero-order valence-corrected chi connectivity index (χ0v) is 9.26. The molecule has 1 aromatic rings. The van der Waals surface area contributed by atoms with E-state index in [1.807, 2.05) is 12.1 Å². The van der Waals surface area contributed by atoms with Crippen LogP contribution < -0.4 is 11.3 Å². The van der Waals surface area contributed by atoms with Crippen LogP contribution in [0.3, 0.4) is 0 Å². The number of β-amino-alcohol motifs (C(OH)–C–C–N with tert-alkyl or cyclic N) is 1. The molecule has 1 atom stereocenters. The van der Waals surface area contributed by atoms with E-state index in [-0.39, 0.29) is 6.10 Å². The van der Waals surface area contributed by atoms with Gasteiger partial charge in [-0.15, -0.1) is 0 Å². The summed E-state index contributed by atoms with van der Waals surface area (Å²) in [5.41, 5.74) is 3.70. The first-order valence-electron chi connectivity index (χ1n) is 5.60. The van der Waals surface area contributed by atoms with E-state index in [0.717, 1.165) is 38.0 Å². The number of aliphatic hydroxyl groups is 1. The van der Waals surface area contributed by atoms with Gasteiger partial charge in [-0.25, -0.2) is 10.8 Å². The predicted octanol–water partition coefficient (Wildman–Crippen LogP) is 0.324. The molecule has 0 spiro atoms. The van der Waals surface area contributed by atoms with Gasteiger partial charge in [-0.1, -0.05) is 0 Å². The molecule has 2 heterocycles. The summed E-state index contributed by atoms with van der Waals surface area (Å²) in [6.07, 6.45) is 3.55. The van der Waals surface area contributed by atoms with Gasteiger partial charge in [0, 0.05) is 19.3 Å². The smallest absolute Gasteiger partial charge is 0.140 e. The minimum Gasteiger partial charge on any atom is -0.392 e. The second-order valence-corrected chi connectivity index (χ2v) is 4.22. The number of hydrogen-bond donors (Lipinski definition) is 3. The summed E-state index contributed by atoms with van der Waals surface area (Å²) in [6.45, 7) is 2.65. The average molecular weight is 222 g/mol. The monoisotopic (exact) mass is 222 g/mol. The standard InChI is InChI=1S/C11H18N4O/c12-14-11-6-9(3-4-13-11)7-15-5-1-2-10(16)8-15/h3-4,6,10,16H,1-2,5,7-8,12H2,(H,13,14). The summed E-state index contributed by atoms with van der Waals surface area (Å²) < 4.78 is 0. The Balaban J connectivity index is 1.97. The fraction of sp³-hybridized carbons (Fsp3) is 0.545. The van der Waals surface area contributed by atoms with Crippen LogP contribution >= 0.6 is 0 Å². The summed E-state index contributed by atoms with van der Waals surface area (Å²) in [7, 11) is 0. The van der Waals surface area contributed by atoms with E-state index in [9.17, 15) is 5.11 Å². The second kappa shape index (κ2) is 5.25. The number of hydrazine groups is 1. The third kappa shape index (κ3) is 2.91. The van der Waals surface area contributed by atoms with E-state index in [1.165, 1.54) is 0 Å². The maximum absolute atomic E-state index is 9.57. The summed E-state index contributed by atoms with van der Waals surface area (Å²) in [4.78, 5) is 6.32. The third-order valence-electron chi connectivity index (χ3n) is 2.86. The lowest BCUT2D eigenvalue weighted by atomic mass is 10.1. The summed E-state index contributed by atoms with van der Waals surface area (Å²) in [5, 5.41) is 9.57. The Morgan fingerprint density at radius 2 is 2.50 bits per heavy atom. The Kier molecular flexibility index (Phi) is 3.71. The molecular formula is C11H18N4O. The van der Waals surface area contributed by atoms with Gasteiger partial charge < -0.3 is 10.5 Å². The van der Waals surface area contributed by atoms with E-state index in [0.29, 0.717) is 5.82 Å². The number of hydrogen-bond acceptors (Lipinski definition) is 5. The highest BCUT2D eigenvalue weighted by Crippen LogP contribution is 2.14. The van der Waals surface area contributed by atoms with Crippen LogP contribution in [0.5, 0.6) is 0 Å². The molecule has 0 amide bonds. The molecule has 0 saturated carbocycles. The number of aromatic nitrogens is 1. The van der Waals surface area contributed by atoms with E-state index in [1.54, 1.807) is 6.20 Å². The molecule has 88 valence electrons. The quantitative estimate of drug-likeness (QED) is 0.507. The van der Waals surface area contributed by atoms with Crippen molar-refractivity contribution in [3.63, 3.8) is 0 Å². The average Bonchev–Trinajstić information content (AvgIpc) is 2.29. The molecule has 1 fully saturated rings. The molecule has 0 bridgehead atoms. The number of likely N-dealkylation sites (tertiary alicyclic amines) is 1. The SMILES string of the molecule is NNc1cc(CN2CCCC(O)C2)ccn1. The number of aliphatic hydroxyl groups excluding tert-OH is 1. The highest BCUT2D eigenvalue weighted by Gasteiger charge is 2.17. The maximum Gasteiger partial charge on any atom is 0.140 e. The summed E-state index contributed by atoms with van der Waals surface area (Å²) in [6, 6.07) is 3.91. The molecule has 2 rings (SSSR count). The molecule has 1 aliphatic rings. The first-order valence-corrected chi connectivity index (χ1v) is 5.60. The van der Waals surface area contributed by atoms with E-state index < -0.39 is 0 Å². The minimum absolute atomic E-state index is 0.178. The Hall–Kier alpha value is -1.17. The van der Waals surface area contributed by atoms with Crippen LogP contribution in [0.25, 0.3) is 0 Å². The van der Waals surface area contributed by atoms with Crippen molar-refractivity contribution >= 4 is 5.82 Å². The Bertz CT molecular complexity index is 345. The molecule has 5 heteroatoms. The van der Waals surface area contributed by atoms with Crippen LogP contribution in [-0.2, 0) is 6.54 Å². The van der Waals surface area contributed by atoms with Gasteiger partial charge in [0.25, 0.3) is 0 Å². The molecule has 1 unspecified atom stereocenters.